The maximum atomic E-state index is 12.6. The van der Waals surface area contributed by atoms with Gasteiger partial charge in [-0.3, -0.25) is 9.78 Å². The van der Waals surface area contributed by atoms with Crippen LogP contribution in [0.15, 0.2) is 18.5 Å². The second-order valence-electron chi connectivity index (χ2n) is 5.87. The van der Waals surface area contributed by atoms with E-state index in [0.29, 0.717) is 18.1 Å². The Hall–Kier alpha value is -1.42. The van der Waals surface area contributed by atoms with Crippen LogP contribution in [0, 0.1) is 6.92 Å². The minimum atomic E-state index is 0.108. The van der Waals surface area contributed by atoms with Gasteiger partial charge in [-0.1, -0.05) is 0 Å². The number of aromatic nitrogens is 1. The van der Waals surface area contributed by atoms with Crippen molar-refractivity contribution >= 4 is 5.91 Å². The quantitative estimate of drug-likeness (QED) is 0.880. The third kappa shape index (κ3) is 2.37. The van der Waals surface area contributed by atoms with E-state index < -0.39 is 0 Å². The minimum Gasteiger partial charge on any atom is -0.339 e. The van der Waals surface area contributed by atoms with E-state index in [-0.39, 0.29) is 5.91 Å². The highest BCUT2D eigenvalue weighted by Crippen LogP contribution is 2.29. The van der Waals surface area contributed by atoms with Gasteiger partial charge in [-0.05, 0) is 44.2 Å². The van der Waals surface area contributed by atoms with Gasteiger partial charge < -0.3 is 10.2 Å². The smallest absolute Gasteiger partial charge is 0.255 e. The molecule has 3 heterocycles. The molecule has 0 aromatic carbocycles. The summed E-state index contributed by atoms with van der Waals surface area (Å²) in [7, 11) is 1.93. The first-order chi connectivity index (χ1) is 9.15. The maximum Gasteiger partial charge on any atom is 0.255 e. The molecule has 4 nitrogen and oxygen atoms in total. The number of hydrogen-bond donors (Lipinski definition) is 1. The summed E-state index contributed by atoms with van der Waals surface area (Å²) < 4.78 is 0. The molecule has 4 heteroatoms. The van der Waals surface area contributed by atoms with Crippen LogP contribution in [-0.4, -0.2) is 41.0 Å². The van der Waals surface area contributed by atoms with Gasteiger partial charge >= 0.3 is 0 Å². The number of amides is 1. The molecule has 2 unspecified atom stereocenters. The van der Waals surface area contributed by atoms with Crippen molar-refractivity contribution in [2.75, 3.05) is 7.05 Å². The third-order valence-corrected chi connectivity index (χ3v) is 4.59. The topological polar surface area (TPSA) is 45.2 Å². The van der Waals surface area contributed by atoms with E-state index in [0.717, 1.165) is 24.0 Å². The molecule has 3 rings (SSSR count). The number of nitrogens with zero attached hydrogens (tertiary/aromatic N) is 2. The molecule has 2 saturated heterocycles. The minimum absolute atomic E-state index is 0.108. The zero-order valence-corrected chi connectivity index (χ0v) is 11.6. The highest BCUT2D eigenvalue weighted by Gasteiger charge is 2.36. The Labute approximate surface area is 114 Å². The Morgan fingerprint density at radius 1 is 1.37 bits per heavy atom. The summed E-state index contributed by atoms with van der Waals surface area (Å²) in [5.74, 6) is 0.108. The molecular weight excluding hydrogens is 238 g/mol. The fraction of sp³-hybridized carbons (Fsp3) is 0.600. The van der Waals surface area contributed by atoms with Gasteiger partial charge in [0.15, 0.2) is 0 Å². The summed E-state index contributed by atoms with van der Waals surface area (Å²) in [6.45, 7) is 1.97. The molecule has 1 N–H and O–H groups in total. The molecule has 102 valence electrons. The number of rotatable bonds is 2. The summed E-state index contributed by atoms with van der Waals surface area (Å²) in [6.07, 6.45) is 8.10. The number of hydrogen-bond acceptors (Lipinski definition) is 3. The van der Waals surface area contributed by atoms with Crippen LogP contribution in [-0.2, 0) is 0 Å². The Bertz CT molecular complexity index is 476. The number of piperidine rings is 1. The van der Waals surface area contributed by atoms with Crippen LogP contribution in [0.4, 0.5) is 0 Å². The highest BCUT2D eigenvalue weighted by atomic mass is 16.2. The van der Waals surface area contributed by atoms with Crippen molar-refractivity contribution < 1.29 is 4.79 Å². The van der Waals surface area contributed by atoms with E-state index in [4.69, 9.17) is 0 Å². The Kier molecular flexibility index (Phi) is 3.27. The zero-order chi connectivity index (χ0) is 13.4. The molecule has 0 saturated carbocycles. The largest absolute Gasteiger partial charge is 0.339 e. The van der Waals surface area contributed by atoms with Crippen molar-refractivity contribution in [3.63, 3.8) is 0 Å². The van der Waals surface area contributed by atoms with Gasteiger partial charge in [-0.2, -0.15) is 0 Å². The fourth-order valence-corrected chi connectivity index (χ4v) is 3.39. The van der Waals surface area contributed by atoms with E-state index in [2.05, 4.69) is 10.3 Å². The standard InChI is InChI=1S/C15H21N3O/c1-10-5-6-16-9-14(10)15(19)18(2)13-7-11-3-4-12(8-13)17-11/h5-6,9,11-13,17H,3-4,7-8H2,1-2H3. The van der Waals surface area contributed by atoms with Crippen LogP contribution in [0.1, 0.15) is 41.6 Å². The Morgan fingerprint density at radius 3 is 2.68 bits per heavy atom. The summed E-state index contributed by atoms with van der Waals surface area (Å²) in [6, 6.07) is 3.47. The molecule has 2 aliphatic rings. The highest BCUT2D eigenvalue weighted by molar-refractivity contribution is 5.95. The summed E-state index contributed by atoms with van der Waals surface area (Å²) >= 11 is 0. The molecule has 2 fully saturated rings. The summed E-state index contributed by atoms with van der Waals surface area (Å²) in [5, 5.41) is 3.61. The molecular formula is C15H21N3O. The van der Waals surface area contributed by atoms with Crippen molar-refractivity contribution in [2.45, 2.75) is 50.7 Å². The first kappa shape index (κ1) is 12.6. The Morgan fingerprint density at radius 2 is 2.05 bits per heavy atom. The van der Waals surface area contributed by atoms with Crippen LogP contribution in [0.5, 0.6) is 0 Å². The summed E-state index contributed by atoms with van der Waals surface area (Å²) in [4.78, 5) is 18.6. The van der Waals surface area contributed by atoms with Gasteiger partial charge in [-0.15, -0.1) is 0 Å². The van der Waals surface area contributed by atoms with E-state index in [1.807, 2.05) is 24.9 Å². The van der Waals surface area contributed by atoms with Crippen molar-refractivity contribution in [2.24, 2.45) is 0 Å². The normalized spacial score (nSPS) is 29.3. The van der Waals surface area contributed by atoms with E-state index >= 15 is 0 Å². The molecule has 19 heavy (non-hydrogen) atoms. The number of aryl methyl sites for hydroxylation is 1. The lowest BCUT2D eigenvalue weighted by atomic mass is 9.97. The summed E-state index contributed by atoms with van der Waals surface area (Å²) in [5.41, 5.74) is 1.74. The number of pyridine rings is 1. The average Bonchev–Trinajstić information content (AvgIpc) is 2.76. The van der Waals surface area contributed by atoms with Crippen molar-refractivity contribution in [3.05, 3.63) is 29.6 Å². The van der Waals surface area contributed by atoms with Gasteiger partial charge in [0, 0.05) is 37.6 Å². The molecule has 0 aliphatic carbocycles. The van der Waals surface area contributed by atoms with Crippen LogP contribution in [0.25, 0.3) is 0 Å². The second-order valence-corrected chi connectivity index (χ2v) is 5.87. The SMILES string of the molecule is Cc1ccncc1C(=O)N(C)C1CC2CCC(C1)N2. The van der Waals surface area contributed by atoms with Gasteiger partial charge in [0.1, 0.15) is 0 Å². The van der Waals surface area contributed by atoms with Gasteiger partial charge in [0.05, 0.1) is 5.56 Å². The molecule has 2 atom stereocenters. The predicted octanol–water partition coefficient (Wildman–Crippen LogP) is 1.75. The molecule has 2 bridgehead atoms. The van der Waals surface area contributed by atoms with E-state index in [1.165, 1.54) is 12.8 Å². The predicted molar refractivity (Wildman–Crippen MR) is 74.0 cm³/mol. The van der Waals surface area contributed by atoms with Gasteiger partial charge in [0.2, 0.25) is 0 Å². The molecule has 0 radical (unpaired) electrons. The first-order valence-electron chi connectivity index (χ1n) is 7.09. The van der Waals surface area contributed by atoms with Gasteiger partial charge in [-0.25, -0.2) is 0 Å². The van der Waals surface area contributed by atoms with E-state index in [1.54, 1.807) is 12.4 Å². The average molecular weight is 259 g/mol. The van der Waals surface area contributed by atoms with Gasteiger partial charge in [0.25, 0.3) is 5.91 Å². The maximum absolute atomic E-state index is 12.6. The number of fused-ring (bicyclic) bond motifs is 2. The Balaban J connectivity index is 1.75. The van der Waals surface area contributed by atoms with Crippen molar-refractivity contribution in [1.29, 1.82) is 0 Å². The first-order valence-corrected chi connectivity index (χ1v) is 7.09. The molecule has 1 aromatic rings. The molecule has 1 aromatic heterocycles. The lowest BCUT2D eigenvalue weighted by molar-refractivity contribution is 0.0680. The van der Waals surface area contributed by atoms with E-state index in [9.17, 15) is 4.79 Å². The van der Waals surface area contributed by atoms with Crippen LogP contribution in [0.2, 0.25) is 0 Å². The van der Waals surface area contributed by atoms with Crippen LogP contribution in [0.3, 0.4) is 0 Å². The van der Waals surface area contributed by atoms with Crippen LogP contribution < -0.4 is 5.32 Å². The lowest BCUT2D eigenvalue weighted by Crippen LogP contribution is -2.48. The lowest BCUT2D eigenvalue weighted by Gasteiger charge is -2.35. The fourth-order valence-electron chi connectivity index (χ4n) is 3.39. The zero-order valence-electron chi connectivity index (χ0n) is 11.6. The third-order valence-electron chi connectivity index (χ3n) is 4.59. The number of nitrogens with one attached hydrogen (secondary N) is 1. The number of carbonyl (C=O) groups is 1. The monoisotopic (exact) mass is 259 g/mol. The number of carbonyl (C=O) groups excluding carboxylic acids is 1. The second kappa shape index (κ2) is 4.93. The molecule has 2 aliphatic heterocycles. The molecule has 1 amide bonds. The van der Waals surface area contributed by atoms with Crippen LogP contribution >= 0.6 is 0 Å². The van der Waals surface area contributed by atoms with Crippen molar-refractivity contribution in [3.8, 4) is 0 Å². The molecule has 0 spiro atoms. The van der Waals surface area contributed by atoms with Crippen molar-refractivity contribution in [1.82, 2.24) is 15.2 Å².